The number of amides is 1. The Balaban J connectivity index is 3.03. The smallest absolute Gasteiger partial charge is 0.291 e. The summed E-state index contributed by atoms with van der Waals surface area (Å²) in [5, 5.41) is 11.8. The zero-order valence-electron chi connectivity index (χ0n) is 8.33. The molecule has 1 amide bonds. The minimum absolute atomic E-state index is 0.0373. The van der Waals surface area contributed by atoms with Gasteiger partial charge in [-0.25, -0.2) is 0 Å². The minimum Gasteiger partial charge on any atom is -0.502 e. The maximum atomic E-state index is 11.4. The Bertz CT molecular complexity index is 425. The second-order valence-electron chi connectivity index (χ2n) is 3.09. The summed E-state index contributed by atoms with van der Waals surface area (Å²) in [5.41, 5.74) is 5.01. The zero-order chi connectivity index (χ0) is 11.4. The van der Waals surface area contributed by atoms with Crippen molar-refractivity contribution < 1.29 is 9.90 Å². The largest absolute Gasteiger partial charge is 0.502 e. The van der Waals surface area contributed by atoms with E-state index in [1.54, 1.807) is 6.92 Å². The molecule has 0 aliphatic carbocycles. The lowest BCUT2D eigenvalue weighted by atomic mass is 10.2. The molecule has 0 saturated heterocycles. The normalized spacial score (nSPS) is 10.0. The fourth-order valence-electron chi connectivity index (χ4n) is 1.14. The van der Waals surface area contributed by atoms with Crippen LogP contribution in [-0.2, 0) is 0 Å². The fourth-order valence-corrected chi connectivity index (χ4v) is 1.14. The molecule has 5 N–H and O–H groups in total. The Morgan fingerprint density at radius 1 is 1.67 bits per heavy atom. The van der Waals surface area contributed by atoms with Gasteiger partial charge in [-0.15, -0.1) is 0 Å². The monoisotopic (exact) mass is 211 g/mol. The third-order valence-electron chi connectivity index (χ3n) is 1.82. The van der Waals surface area contributed by atoms with E-state index in [2.05, 4.69) is 10.3 Å². The van der Waals surface area contributed by atoms with E-state index < -0.39 is 17.2 Å². The van der Waals surface area contributed by atoms with Crippen LogP contribution in [0.1, 0.15) is 16.1 Å². The molecule has 0 bridgehead atoms. The van der Waals surface area contributed by atoms with Crippen molar-refractivity contribution in [1.82, 2.24) is 10.3 Å². The Kier molecular flexibility index (Phi) is 3.46. The molecule has 0 radical (unpaired) electrons. The predicted molar refractivity (Wildman–Crippen MR) is 54.9 cm³/mol. The zero-order valence-corrected chi connectivity index (χ0v) is 8.33. The molecule has 0 aliphatic rings. The molecule has 0 unspecified atom stereocenters. The summed E-state index contributed by atoms with van der Waals surface area (Å²) in [6.45, 7) is 2.22. The topological polar surface area (TPSA) is 108 Å². The first-order valence-electron chi connectivity index (χ1n) is 4.47. The highest BCUT2D eigenvalue weighted by atomic mass is 16.3. The number of nitrogens with two attached hydrogens (primary N) is 1. The second kappa shape index (κ2) is 4.61. The number of rotatable bonds is 3. The van der Waals surface area contributed by atoms with Gasteiger partial charge in [0.15, 0.2) is 5.75 Å². The quantitative estimate of drug-likeness (QED) is 0.518. The van der Waals surface area contributed by atoms with Crippen molar-refractivity contribution >= 4 is 5.91 Å². The Morgan fingerprint density at radius 3 is 2.93 bits per heavy atom. The number of H-pyrrole nitrogens is 1. The molecule has 0 fully saturated rings. The van der Waals surface area contributed by atoms with Gasteiger partial charge in [0, 0.05) is 18.8 Å². The van der Waals surface area contributed by atoms with Crippen molar-refractivity contribution in [1.29, 1.82) is 0 Å². The third kappa shape index (κ3) is 2.57. The van der Waals surface area contributed by atoms with E-state index in [0.29, 0.717) is 18.8 Å². The van der Waals surface area contributed by atoms with Gasteiger partial charge in [0.05, 0.1) is 5.56 Å². The summed E-state index contributed by atoms with van der Waals surface area (Å²) in [6.07, 6.45) is 0. The molecule has 0 saturated carbocycles. The first-order chi connectivity index (χ1) is 7.06. The lowest BCUT2D eigenvalue weighted by Gasteiger charge is -2.05. The molecule has 1 rings (SSSR count). The van der Waals surface area contributed by atoms with Crippen LogP contribution in [0, 0.1) is 6.92 Å². The van der Waals surface area contributed by atoms with E-state index in [1.807, 2.05) is 0 Å². The average Bonchev–Trinajstić information content (AvgIpc) is 2.19. The molecule has 1 aromatic heterocycles. The molecule has 6 heteroatoms. The number of carbonyl (C=O) groups excluding carboxylic acids is 1. The molecule has 82 valence electrons. The Labute approximate surface area is 86.1 Å². The molecule has 0 spiro atoms. The van der Waals surface area contributed by atoms with E-state index >= 15 is 0 Å². The van der Waals surface area contributed by atoms with Crippen LogP contribution in [0.4, 0.5) is 0 Å². The van der Waals surface area contributed by atoms with Crippen LogP contribution >= 0.6 is 0 Å². The first kappa shape index (κ1) is 11.3. The second-order valence-corrected chi connectivity index (χ2v) is 3.09. The molecule has 6 nitrogen and oxygen atoms in total. The standard InChI is InChI=1S/C9H13N3O3/c1-5-4-6(7(13)9(15)12-5)8(14)11-3-2-10/h4,13H,2-3,10H2,1H3,(H,11,14)(H,12,15). The minimum atomic E-state index is -0.673. The van der Waals surface area contributed by atoms with Gasteiger partial charge in [0.25, 0.3) is 11.5 Å². The number of aromatic nitrogens is 1. The van der Waals surface area contributed by atoms with Gasteiger partial charge in [0.2, 0.25) is 0 Å². The number of hydrogen-bond acceptors (Lipinski definition) is 4. The van der Waals surface area contributed by atoms with Crippen molar-refractivity contribution in [2.75, 3.05) is 13.1 Å². The predicted octanol–water partition coefficient (Wildman–Crippen LogP) is -0.923. The van der Waals surface area contributed by atoms with Crippen LogP contribution in [0.15, 0.2) is 10.9 Å². The van der Waals surface area contributed by atoms with E-state index in [4.69, 9.17) is 5.73 Å². The van der Waals surface area contributed by atoms with Gasteiger partial charge < -0.3 is 21.1 Å². The van der Waals surface area contributed by atoms with Gasteiger partial charge in [-0.2, -0.15) is 0 Å². The molecule has 0 aromatic carbocycles. The third-order valence-corrected chi connectivity index (χ3v) is 1.82. The summed E-state index contributed by atoms with van der Waals surface area (Å²) in [5.74, 6) is -1.08. The lowest BCUT2D eigenvalue weighted by Crippen LogP contribution is -2.30. The number of carbonyl (C=O) groups is 1. The lowest BCUT2D eigenvalue weighted by molar-refractivity contribution is 0.0951. The molecular weight excluding hydrogens is 198 g/mol. The summed E-state index contributed by atoms with van der Waals surface area (Å²) < 4.78 is 0. The van der Waals surface area contributed by atoms with E-state index in [1.165, 1.54) is 6.07 Å². The SMILES string of the molecule is Cc1cc(C(=O)NCCN)c(O)c(=O)[nH]1. The van der Waals surface area contributed by atoms with Crippen LogP contribution in [0.25, 0.3) is 0 Å². The van der Waals surface area contributed by atoms with Gasteiger partial charge in [-0.3, -0.25) is 9.59 Å². The first-order valence-corrected chi connectivity index (χ1v) is 4.47. The maximum absolute atomic E-state index is 11.4. The van der Waals surface area contributed by atoms with E-state index in [-0.39, 0.29) is 5.56 Å². The summed E-state index contributed by atoms with van der Waals surface area (Å²) in [7, 11) is 0. The molecule has 15 heavy (non-hydrogen) atoms. The molecule has 1 heterocycles. The number of aromatic hydroxyl groups is 1. The number of nitrogens with one attached hydrogen (secondary N) is 2. The number of aromatic amines is 1. The summed E-state index contributed by atoms with van der Waals surface area (Å²) in [6, 6.07) is 1.41. The molecule has 0 atom stereocenters. The number of aryl methyl sites for hydroxylation is 1. The number of hydrogen-bond donors (Lipinski definition) is 4. The van der Waals surface area contributed by atoms with Crippen LogP contribution in [0.2, 0.25) is 0 Å². The van der Waals surface area contributed by atoms with Crippen molar-refractivity contribution in [3.63, 3.8) is 0 Å². The molecular formula is C9H13N3O3. The highest BCUT2D eigenvalue weighted by Crippen LogP contribution is 2.10. The number of pyridine rings is 1. The van der Waals surface area contributed by atoms with E-state index in [9.17, 15) is 14.7 Å². The van der Waals surface area contributed by atoms with Crippen molar-refractivity contribution in [3.05, 3.63) is 27.7 Å². The van der Waals surface area contributed by atoms with Gasteiger partial charge in [-0.1, -0.05) is 0 Å². The van der Waals surface area contributed by atoms with Gasteiger partial charge in [-0.05, 0) is 13.0 Å². The fraction of sp³-hybridized carbons (Fsp3) is 0.333. The maximum Gasteiger partial charge on any atom is 0.291 e. The summed E-state index contributed by atoms with van der Waals surface area (Å²) in [4.78, 5) is 25.0. The molecule has 1 aromatic rings. The van der Waals surface area contributed by atoms with Gasteiger partial charge in [0.1, 0.15) is 0 Å². The van der Waals surface area contributed by atoms with Crippen molar-refractivity contribution in [2.45, 2.75) is 6.92 Å². The average molecular weight is 211 g/mol. The van der Waals surface area contributed by atoms with Crippen LogP contribution < -0.4 is 16.6 Å². The Morgan fingerprint density at radius 2 is 2.33 bits per heavy atom. The van der Waals surface area contributed by atoms with Crippen LogP contribution in [0.3, 0.4) is 0 Å². The van der Waals surface area contributed by atoms with E-state index in [0.717, 1.165) is 0 Å². The highest BCUT2D eigenvalue weighted by molar-refractivity contribution is 5.96. The Hall–Kier alpha value is -1.82. The van der Waals surface area contributed by atoms with Gasteiger partial charge >= 0.3 is 0 Å². The van der Waals surface area contributed by atoms with Crippen molar-refractivity contribution in [3.8, 4) is 5.75 Å². The summed E-state index contributed by atoms with van der Waals surface area (Å²) >= 11 is 0. The highest BCUT2D eigenvalue weighted by Gasteiger charge is 2.13. The van der Waals surface area contributed by atoms with Crippen LogP contribution in [-0.4, -0.2) is 29.1 Å². The van der Waals surface area contributed by atoms with Crippen LogP contribution in [0.5, 0.6) is 5.75 Å². The van der Waals surface area contributed by atoms with Crippen molar-refractivity contribution in [2.24, 2.45) is 5.73 Å². The molecule has 0 aliphatic heterocycles.